The van der Waals surface area contributed by atoms with E-state index in [9.17, 15) is 48.3 Å². The zero-order valence-corrected chi connectivity index (χ0v) is 12.0. The largest absolute Gasteiger partial charge is 0.460 e. The Hall–Kier alpha value is 0.450. The van der Waals surface area contributed by atoms with Gasteiger partial charge in [-0.1, -0.05) is 0 Å². The van der Waals surface area contributed by atoms with Crippen LogP contribution in [0.1, 0.15) is 0 Å². The molecule has 0 aliphatic heterocycles. The van der Waals surface area contributed by atoms with Crippen molar-refractivity contribution in [3.63, 3.8) is 0 Å². The molecule has 0 aromatic heterocycles. The van der Waals surface area contributed by atoms with Crippen molar-refractivity contribution in [2.24, 2.45) is 0 Å². The summed E-state index contributed by atoms with van der Waals surface area (Å²) in [7, 11) is 9.99. The average molecular weight is 421 g/mol. The summed E-state index contributed by atoms with van der Waals surface area (Å²) in [5.74, 6) is -30.8. The Kier molecular flexibility index (Phi) is 5.63. The Morgan fingerprint density at radius 3 is 1.14 bits per heavy atom. The lowest BCUT2D eigenvalue weighted by atomic mass is 9.99. The van der Waals surface area contributed by atoms with Crippen LogP contribution in [0, 0.1) is 0 Å². The van der Waals surface area contributed by atoms with Gasteiger partial charge in [-0.15, -0.1) is 0 Å². The van der Waals surface area contributed by atoms with E-state index in [2.05, 4.69) is 0 Å². The van der Waals surface area contributed by atoms with Crippen molar-refractivity contribution < 1.29 is 48.3 Å². The van der Waals surface area contributed by atoms with Gasteiger partial charge in [0.1, 0.15) is 0 Å². The average Bonchev–Trinajstić information content (AvgIpc) is 2.10. The van der Waals surface area contributed by atoms with E-state index in [4.69, 9.17) is 32.0 Å². The first kappa shape index (κ1) is 21.4. The highest BCUT2D eigenvalue weighted by Gasteiger charge is 2.87. The Bertz CT molecular complexity index is 384. The zero-order chi connectivity index (χ0) is 17.7. The zero-order valence-electron chi connectivity index (χ0n) is 8.91. The van der Waals surface area contributed by atoms with Gasteiger partial charge in [0.05, 0.1) is 5.75 Å². The van der Waals surface area contributed by atoms with Gasteiger partial charge in [0.15, 0.2) is 0 Å². The van der Waals surface area contributed by atoms with Crippen molar-refractivity contribution in [2.75, 3.05) is 5.75 Å². The van der Waals surface area contributed by atoms with E-state index in [0.29, 0.717) is 0 Å². The first-order valence-electron chi connectivity index (χ1n) is 4.18. The van der Waals surface area contributed by atoms with Gasteiger partial charge in [-0.05, 0) is 32.0 Å². The molecule has 0 aliphatic carbocycles. The van der Waals surface area contributed by atoms with Gasteiger partial charge in [-0.3, -0.25) is 0 Å². The molecule has 15 heteroatoms. The number of alkyl halides is 11. The lowest BCUT2D eigenvalue weighted by Crippen LogP contribution is -2.67. The van der Waals surface area contributed by atoms with Gasteiger partial charge in [0, 0.05) is 7.67 Å². The maximum absolute atomic E-state index is 12.9. The monoisotopic (exact) mass is 420 g/mol. The topological polar surface area (TPSA) is 0 Å². The Balaban J connectivity index is 5.89. The minimum atomic E-state index is -7.48. The summed E-state index contributed by atoms with van der Waals surface area (Å²) >= 11 is 0. The predicted molar refractivity (Wildman–Crippen MR) is 55.9 cm³/mol. The Labute approximate surface area is 124 Å². The molecule has 0 bridgehead atoms. The number of halogens is 14. The maximum atomic E-state index is 12.9. The molecule has 0 rings (SSSR count). The second kappa shape index (κ2) is 5.52. The third-order valence-electron chi connectivity index (χ3n) is 1.95. The molecule has 21 heavy (non-hydrogen) atoms. The lowest BCUT2D eigenvalue weighted by molar-refractivity contribution is -0.419. The summed E-state index contributed by atoms with van der Waals surface area (Å²) in [6.45, 7) is 0. The van der Waals surface area contributed by atoms with Crippen molar-refractivity contribution in [1.82, 2.24) is 0 Å². The SMILES string of the molecule is FC(F)(F)C(F)(F)C(F)(F)C(F)(F)C(F)(F)CS(Cl)(Cl)Cl. The van der Waals surface area contributed by atoms with E-state index in [1.165, 1.54) is 0 Å². The minimum Gasteiger partial charge on any atom is -0.199 e. The third kappa shape index (κ3) is 3.86. The van der Waals surface area contributed by atoms with Crippen molar-refractivity contribution in [1.29, 1.82) is 0 Å². The maximum Gasteiger partial charge on any atom is 0.460 e. The van der Waals surface area contributed by atoms with Crippen molar-refractivity contribution in [3.8, 4) is 0 Å². The highest BCUT2D eigenvalue weighted by atomic mass is 36.2. The molecule has 0 unspecified atom stereocenters. The van der Waals surface area contributed by atoms with Crippen LogP contribution in [-0.4, -0.2) is 35.6 Å². The lowest BCUT2D eigenvalue weighted by Gasteiger charge is -2.38. The van der Waals surface area contributed by atoms with E-state index >= 15 is 0 Å². The van der Waals surface area contributed by atoms with Crippen molar-refractivity contribution in [2.45, 2.75) is 29.9 Å². The Morgan fingerprint density at radius 1 is 0.571 bits per heavy atom. The van der Waals surface area contributed by atoms with Gasteiger partial charge >= 0.3 is 29.9 Å². The summed E-state index contributed by atoms with van der Waals surface area (Å²) in [5, 5.41) is 0. The molecule has 130 valence electrons. The fraction of sp³-hybridized carbons (Fsp3) is 1.00. The van der Waals surface area contributed by atoms with Gasteiger partial charge in [-0.2, -0.15) is 48.3 Å². The van der Waals surface area contributed by atoms with Crippen LogP contribution in [-0.2, 0) is 0 Å². The normalized spacial score (nSPS) is 17.0. The van der Waals surface area contributed by atoms with Crippen LogP contribution in [0.4, 0.5) is 48.3 Å². The van der Waals surface area contributed by atoms with Gasteiger partial charge in [0.2, 0.25) is 0 Å². The van der Waals surface area contributed by atoms with Crippen LogP contribution in [0.3, 0.4) is 0 Å². The van der Waals surface area contributed by atoms with Crippen LogP contribution < -0.4 is 0 Å². The summed E-state index contributed by atoms with van der Waals surface area (Å²) in [6.07, 6.45) is -7.21. The number of hydrogen-bond acceptors (Lipinski definition) is 0. The number of rotatable bonds is 5. The number of hydrogen-bond donors (Lipinski definition) is 0. The molecule has 0 fully saturated rings. The molecule has 0 amide bonds. The molecule has 0 heterocycles. The summed E-state index contributed by atoms with van der Waals surface area (Å²) in [5.41, 5.74) is 0. The van der Waals surface area contributed by atoms with E-state index in [0.717, 1.165) is 0 Å². The summed E-state index contributed by atoms with van der Waals surface area (Å²) < 4.78 is 137. The van der Waals surface area contributed by atoms with Gasteiger partial charge in [0.25, 0.3) is 0 Å². The molecule has 0 saturated heterocycles. The second-order valence-electron chi connectivity index (χ2n) is 3.57. The third-order valence-corrected chi connectivity index (χ3v) is 3.62. The molecule has 0 N–H and O–H groups in total. The van der Waals surface area contributed by atoms with E-state index in [-0.39, 0.29) is 0 Å². The Morgan fingerprint density at radius 2 is 0.905 bits per heavy atom. The smallest absolute Gasteiger partial charge is 0.199 e. The molecule has 0 nitrogen and oxygen atoms in total. The molecular formula is C6H2Cl3F11S. The molecular weight excluding hydrogens is 419 g/mol. The first-order valence-corrected chi connectivity index (χ1v) is 8.46. The molecule has 0 aromatic carbocycles. The van der Waals surface area contributed by atoms with Crippen LogP contribution in [0.5, 0.6) is 0 Å². The minimum absolute atomic E-state index is 2.64. The highest BCUT2D eigenvalue weighted by Crippen LogP contribution is 2.68. The summed E-state index contributed by atoms with van der Waals surface area (Å²) in [4.78, 5) is 0. The predicted octanol–water partition coefficient (Wildman–Crippen LogP) is 6.36. The second-order valence-corrected chi connectivity index (χ2v) is 11.0. The van der Waals surface area contributed by atoms with Crippen LogP contribution >= 0.6 is 39.7 Å². The quantitative estimate of drug-likeness (QED) is 0.454. The standard InChI is InChI=1S/C6H2Cl3F11S/c7-21(8,9)1-2(10,11)3(12,13)4(14,15)5(16,17)6(18,19)20/h1H2. The van der Waals surface area contributed by atoms with Gasteiger partial charge < -0.3 is 0 Å². The molecule has 0 aromatic rings. The fourth-order valence-corrected chi connectivity index (χ4v) is 2.73. The highest BCUT2D eigenvalue weighted by molar-refractivity contribution is 8.79. The fourth-order valence-electron chi connectivity index (χ4n) is 0.901. The summed E-state index contributed by atoms with van der Waals surface area (Å²) in [6, 6.07) is 0. The molecule has 0 atom stereocenters. The first-order chi connectivity index (χ1) is 8.71. The van der Waals surface area contributed by atoms with Crippen molar-refractivity contribution >= 4 is 39.7 Å². The molecule has 0 aliphatic rings. The van der Waals surface area contributed by atoms with Crippen molar-refractivity contribution in [3.05, 3.63) is 0 Å². The van der Waals surface area contributed by atoms with Crippen LogP contribution in [0.25, 0.3) is 0 Å². The van der Waals surface area contributed by atoms with Crippen LogP contribution in [0.15, 0.2) is 0 Å². The molecule has 0 saturated carbocycles. The molecule has 0 spiro atoms. The van der Waals surface area contributed by atoms with E-state index in [1.54, 1.807) is 0 Å². The van der Waals surface area contributed by atoms with Crippen LogP contribution in [0.2, 0.25) is 0 Å². The van der Waals surface area contributed by atoms with E-state index < -0.39 is 43.3 Å². The van der Waals surface area contributed by atoms with E-state index in [1.807, 2.05) is 0 Å². The van der Waals surface area contributed by atoms with Gasteiger partial charge in [-0.25, -0.2) is 0 Å². The molecule has 0 radical (unpaired) electrons.